The van der Waals surface area contributed by atoms with E-state index in [4.69, 9.17) is 4.52 Å². The average Bonchev–Trinajstić information content (AvgIpc) is 3.35. The Bertz CT molecular complexity index is 970. The van der Waals surface area contributed by atoms with Crippen LogP contribution in [0.15, 0.2) is 53.2 Å². The number of nitrogens with zero attached hydrogens (tertiary/aromatic N) is 5. The number of likely N-dealkylation sites (N-methyl/N-ethyl adjacent to an activating group) is 1. The summed E-state index contributed by atoms with van der Waals surface area (Å²) in [6.07, 6.45) is 2.41. The van der Waals surface area contributed by atoms with Crippen LogP contribution in [0.2, 0.25) is 0 Å². The molecular weight excluding hydrogens is 368 g/mol. The molecule has 0 saturated carbocycles. The van der Waals surface area contributed by atoms with Crippen LogP contribution in [0, 0.1) is 0 Å². The van der Waals surface area contributed by atoms with Crippen molar-refractivity contribution in [1.29, 1.82) is 0 Å². The van der Waals surface area contributed by atoms with Gasteiger partial charge in [-0.15, -0.1) is 0 Å². The third kappa shape index (κ3) is 4.12. The van der Waals surface area contributed by atoms with E-state index in [1.54, 1.807) is 6.20 Å². The maximum atomic E-state index is 12.6. The lowest BCUT2D eigenvalue weighted by Crippen LogP contribution is -2.36. The predicted molar refractivity (Wildman–Crippen MR) is 110 cm³/mol. The largest absolute Gasteiger partial charge is 0.378 e. The quantitative estimate of drug-likeness (QED) is 0.713. The van der Waals surface area contributed by atoms with Gasteiger partial charge in [0.05, 0.1) is 6.04 Å². The highest BCUT2D eigenvalue weighted by Crippen LogP contribution is 2.30. The van der Waals surface area contributed by atoms with Gasteiger partial charge in [-0.1, -0.05) is 11.2 Å². The monoisotopic (exact) mass is 392 g/mol. The summed E-state index contributed by atoms with van der Waals surface area (Å²) < 4.78 is 5.49. The van der Waals surface area contributed by atoms with Crippen molar-refractivity contribution in [2.75, 3.05) is 32.6 Å². The van der Waals surface area contributed by atoms with E-state index in [0.29, 0.717) is 35.9 Å². The van der Waals surface area contributed by atoms with E-state index in [1.165, 1.54) is 0 Å². The van der Waals surface area contributed by atoms with E-state index in [-0.39, 0.29) is 18.0 Å². The van der Waals surface area contributed by atoms with Gasteiger partial charge in [0.1, 0.15) is 5.69 Å². The molecular formula is C21H24N6O2. The Morgan fingerprint density at radius 2 is 2.00 bits per heavy atom. The normalized spacial score (nSPS) is 19.3. The molecule has 1 aliphatic rings. The molecule has 29 heavy (non-hydrogen) atoms. The number of rotatable bonds is 5. The Morgan fingerprint density at radius 1 is 1.21 bits per heavy atom. The second-order valence-corrected chi connectivity index (χ2v) is 7.47. The van der Waals surface area contributed by atoms with Gasteiger partial charge in [-0.2, -0.15) is 4.98 Å². The molecule has 1 aliphatic heterocycles. The summed E-state index contributed by atoms with van der Waals surface area (Å²) >= 11 is 0. The summed E-state index contributed by atoms with van der Waals surface area (Å²) in [4.78, 5) is 25.5. The van der Waals surface area contributed by atoms with E-state index in [2.05, 4.69) is 25.3 Å². The van der Waals surface area contributed by atoms with Gasteiger partial charge in [0.15, 0.2) is 0 Å². The molecule has 0 radical (unpaired) electrons. The van der Waals surface area contributed by atoms with Crippen molar-refractivity contribution in [3.63, 3.8) is 0 Å². The molecule has 150 valence electrons. The van der Waals surface area contributed by atoms with Gasteiger partial charge < -0.3 is 14.7 Å². The van der Waals surface area contributed by atoms with Crippen LogP contribution in [-0.4, -0.2) is 59.7 Å². The van der Waals surface area contributed by atoms with Crippen LogP contribution in [0.1, 0.15) is 28.7 Å². The van der Waals surface area contributed by atoms with Gasteiger partial charge in [0.2, 0.25) is 11.7 Å². The van der Waals surface area contributed by atoms with Crippen LogP contribution in [0.4, 0.5) is 5.69 Å². The molecule has 4 rings (SSSR count). The average molecular weight is 392 g/mol. The highest BCUT2D eigenvalue weighted by atomic mass is 16.5. The van der Waals surface area contributed by atoms with Crippen molar-refractivity contribution in [3.8, 4) is 11.5 Å². The van der Waals surface area contributed by atoms with Crippen LogP contribution < -0.4 is 10.2 Å². The van der Waals surface area contributed by atoms with E-state index in [9.17, 15) is 4.79 Å². The number of hydrogen-bond donors (Lipinski definition) is 1. The fraction of sp³-hybridized carbons (Fsp3) is 0.333. The maximum absolute atomic E-state index is 12.6. The minimum absolute atomic E-state index is 0.0104. The number of amides is 1. The fourth-order valence-corrected chi connectivity index (χ4v) is 3.54. The molecule has 1 fully saturated rings. The Morgan fingerprint density at radius 3 is 2.69 bits per heavy atom. The second-order valence-electron chi connectivity index (χ2n) is 7.47. The predicted octanol–water partition coefficient (Wildman–Crippen LogP) is 2.37. The van der Waals surface area contributed by atoms with E-state index < -0.39 is 0 Å². The minimum atomic E-state index is -0.0749. The molecule has 0 spiro atoms. The van der Waals surface area contributed by atoms with Gasteiger partial charge in [0.25, 0.3) is 5.91 Å². The first kappa shape index (κ1) is 19.1. The number of carbonyl (C=O) groups excluding carboxylic acids is 1. The molecule has 0 bridgehead atoms. The molecule has 1 amide bonds. The summed E-state index contributed by atoms with van der Waals surface area (Å²) in [5, 5.41) is 7.17. The summed E-state index contributed by atoms with van der Waals surface area (Å²) in [6, 6.07) is 13.1. The summed E-state index contributed by atoms with van der Waals surface area (Å²) in [7, 11) is 5.94. The van der Waals surface area contributed by atoms with Crippen molar-refractivity contribution >= 4 is 11.6 Å². The number of benzene rings is 1. The molecule has 1 N–H and O–H groups in total. The number of aromatic nitrogens is 3. The molecule has 1 saturated heterocycles. The summed E-state index contributed by atoms with van der Waals surface area (Å²) in [5.41, 5.74) is 2.38. The maximum Gasteiger partial charge on any atom is 0.251 e. The van der Waals surface area contributed by atoms with Crippen molar-refractivity contribution in [2.45, 2.75) is 18.5 Å². The van der Waals surface area contributed by atoms with Gasteiger partial charge in [-0.25, -0.2) is 0 Å². The van der Waals surface area contributed by atoms with Gasteiger partial charge in [-0.3, -0.25) is 14.7 Å². The molecule has 0 unspecified atom stereocenters. The first-order valence-corrected chi connectivity index (χ1v) is 9.55. The number of likely N-dealkylation sites (tertiary alicyclic amines) is 1. The van der Waals surface area contributed by atoms with Crippen molar-refractivity contribution in [2.24, 2.45) is 0 Å². The van der Waals surface area contributed by atoms with Crippen molar-refractivity contribution < 1.29 is 9.32 Å². The van der Waals surface area contributed by atoms with Crippen LogP contribution in [0.5, 0.6) is 0 Å². The molecule has 3 aromatic rings. The molecule has 3 heterocycles. The van der Waals surface area contributed by atoms with Crippen LogP contribution >= 0.6 is 0 Å². The number of carbonyl (C=O) groups is 1. The molecule has 8 heteroatoms. The molecule has 1 aromatic carbocycles. The minimum Gasteiger partial charge on any atom is -0.378 e. The fourth-order valence-electron chi connectivity index (χ4n) is 3.54. The number of anilines is 1. The molecule has 8 nitrogen and oxygen atoms in total. The van der Waals surface area contributed by atoms with Crippen molar-refractivity contribution in [1.82, 2.24) is 25.3 Å². The Hall–Kier alpha value is -3.26. The van der Waals surface area contributed by atoms with Gasteiger partial charge >= 0.3 is 0 Å². The highest BCUT2D eigenvalue weighted by molar-refractivity contribution is 5.94. The number of hydrogen-bond acceptors (Lipinski definition) is 7. The smallest absolute Gasteiger partial charge is 0.251 e. The number of pyridine rings is 1. The zero-order valence-electron chi connectivity index (χ0n) is 16.7. The van der Waals surface area contributed by atoms with Crippen LogP contribution in [-0.2, 0) is 0 Å². The zero-order chi connectivity index (χ0) is 20.4. The summed E-state index contributed by atoms with van der Waals surface area (Å²) in [6.45, 7) is 0.716. The lowest BCUT2D eigenvalue weighted by molar-refractivity contribution is 0.0938. The van der Waals surface area contributed by atoms with Crippen molar-refractivity contribution in [3.05, 3.63) is 60.1 Å². The summed E-state index contributed by atoms with van der Waals surface area (Å²) in [5.74, 6) is 0.941. The molecule has 2 atom stereocenters. The Kier molecular flexibility index (Phi) is 5.26. The third-order valence-electron chi connectivity index (χ3n) is 5.15. The SMILES string of the molecule is CN(C)c1ccc(C(=O)N[C@H]2C[C@@H](c3nc(-c4ccccn4)no3)N(C)C2)cc1. The van der Waals surface area contributed by atoms with Crippen LogP contribution in [0.3, 0.4) is 0 Å². The number of nitrogens with one attached hydrogen (secondary N) is 1. The lowest BCUT2D eigenvalue weighted by Gasteiger charge is -2.15. The standard InChI is InChI=1S/C21H24N6O2/c1-26(2)16-9-7-14(8-10-16)20(28)23-15-12-18(27(3)13-15)21-24-19(25-29-21)17-6-4-5-11-22-17/h4-11,15,18H,12-13H2,1-3H3,(H,23,28)/t15-,18-/m0/s1. The molecule has 2 aromatic heterocycles. The van der Waals surface area contributed by atoms with E-state index >= 15 is 0 Å². The van der Waals surface area contributed by atoms with Gasteiger partial charge in [-0.05, 0) is 49.9 Å². The lowest BCUT2D eigenvalue weighted by atomic mass is 10.1. The van der Waals surface area contributed by atoms with E-state index in [0.717, 1.165) is 5.69 Å². The van der Waals surface area contributed by atoms with Gasteiger partial charge in [0, 0.05) is 44.1 Å². The second kappa shape index (κ2) is 8.00. The van der Waals surface area contributed by atoms with E-state index in [1.807, 2.05) is 68.5 Å². The highest BCUT2D eigenvalue weighted by Gasteiger charge is 2.35. The Labute approximate surface area is 169 Å². The van der Waals surface area contributed by atoms with Crippen LogP contribution in [0.25, 0.3) is 11.5 Å². The first-order valence-electron chi connectivity index (χ1n) is 9.55. The zero-order valence-corrected chi connectivity index (χ0v) is 16.7. The first-order chi connectivity index (χ1) is 14.0. The topological polar surface area (TPSA) is 87.4 Å². The molecule has 0 aliphatic carbocycles. The Balaban J connectivity index is 1.41. The third-order valence-corrected chi connectivity index (χ3v) is 5.15.